The van der Waals surface area contributed by atoms with Gasteiger partial charge in [-0.15, -0.1) is 0 Å². The monoisotopic (exact) mass is 462 g/mol. The number of nitrogens with zero attached hydrogens (tertiary/aromatic N) is 3. The Kier molecular flexibility index (Phi) is 7.87. The van der Waals surface area contributed by atoms with E-state index in [4.69, 9.17) is 9.72 Å². The lowest BCUT2D eigenvalue weighted by Gasteiger charge is -2.34. The van der Waals surface area contributed by atoms with Gasteiger partial charge in [0.15, 0.2) is 0 Å². The fourth-order valence-electron chi connectivity index (χ4n) is 4.09. The molecule has 0 bridgehead atoms. The van der Waals surface area contributed by atoms with E-state index in [2.05, 4.69) is 52.5 Å². The standard InChI is InChI=1S/C27H31FN4O2/c1-31-12-14-32(15-13-31)27-25(22-8-6-20(7-9-22)19-34-2)11-10-24(30-27)17-26(33)29-18-21-4-3-5-23(28)16-21/h3-11,16H,12-15,17-19H2,1-2H3,(H,29,33). The van der Waals surface area contributed by atoms with E-state index >= 15 is 0 Å². The van der Waals surface area contributed by atoms with Crippen LogP contribution in [-0.4, -0.2) is 56.1 Å². The lowest BCUT2D eigenvalue weighted by atomic mass is 10.0. The zero-order valence-electron chi connectivity index (χ0n) is 19.8. The van der Waals surface area contributed by atoms with Gasteiger partial charge in [-0.05, 0) is 48.0 Å². The largest absolute Gasteiger partial charge is 0.380 e. The number of rotatable bonds is 8. The molecule has 34 heavy (non-hydrogen) atoms. The van der Waals surface area contributed by atoms with E-state index in [0.717, 1.165) is 54.3 Å². The van der Waals surface area contributed by atoms with Gasteiger partial charge in [0.2, 0.25) is 5.91 Å². The van der Waals surface area contributed by atoms with Gasteiger partial charge < -0.3 is 19.9 Å². The number of pyridine rings is 1. The first kappa shape index (κ1) is 23.9. The van der Waals surface area contributed by atoms with Crippen molar-refractivity contribution in [3.8, 4) is 11.1 Å². The number of methoxy groups -OCH3 is 1. The van der Waals surface area contributed by atoms with Crippen LogP contribution in [0.1, 0.15) is 16.8 Å². The smallest absolute Gasteiger partial charge is 0.226 e. The average molecular weight is 463 g/mol. The third kappa shape index (κ3) is 6.18. The van der Waals surface area contributed by atoms with Crippen LogP contribution in [0.3, 0.4) is 0 Å². The third-order valence-corrected chi connectivity index (χ3v) is 6.03. The maximum atomic E-state index is 13.4. The van der Waals surface area contributed by atoms with Gasteiger partial charge in [-0.25, -0.2) is 9.37 Å². The molecule has 4 rings (SSSR count). The Hall–Kier alpha value is -3.29. The molecule has 7 heteroatoms. The number of likely N-dealkylation sites (N-methyl/N-ethyl adjacent to an activating group) is 1. The number of halogens is 1. The van der Waals surface area contributed by atoms with E-state index < -0.39 is 0 Å². The molecule has 0 radical (unpaired) electrons. The highest BCUT2D eigenvalue weighted by molar-refractivity contribution is 5.80. The molecule has 3 aromatic rings. The molecular formula is C27H31FN4O2. The summed E-state index contributed by atoms with van der Waals surface area (Å²) in [4.78, 5) is 22.1. The number of carbonyl (C=O) groups excluding carboxylic acids is 1. The number of amides is 1. The minimum atomic E-state index is -0.309. The van der Waals surface area contributed by atoms with Crippen molar-refractivity contribution in [2.75, 3.05) is 45.2 Å². The minimum Gasteiger partial charge on any atom is -0.380 e. The van der Waals surface area contributed by atoms with Gasteiger partial charge in [-0.1, -0.05) is 36.4 Å². The highest BCUT2D eigenvalue weighted by Gasteiger charge is 2.20. The second-order valence-electron chi connectivity index (χ2n) is 8.68. The van der Waals surface area contributed by atoms with Gasteiger partial charge >= 0.3 is 0 Å². The van der Waals surface area contributed by atoms with Crippen LogP contribution in [0.4, 0.5) is 10.2 Å². The second-order valence-corrected chi connectivity index (χ2v) is 8.68. The molecule has 2 heterocycles. The normalized spacial score (nSPS) is 14.3. The summed E-state index contributed by atoms with van der Waals surface area (Å²) in [5.74, 6) is 0.455. The molecule has 6 nitrogen and oxygen atoms in total. The van der Waals surface area contributed by atoms with Gasteiger partial charge in [0.1, 0.15) is 11.6 Å². The van der Waals surface area contributed by atoms with Crippen LogP contribution in [0.5, 0.6) is 0 Å². The molecule has 1 N–H and O–H groups in total. The molecule has 0 spiro atoms. The summed E-state index contributed by atoms with van der Waals surface area (Å²) in [6.45, 7) is 4.56. The van der Waals surface area contributed by atoms with Crippen LogP contribution in [0.2, 0.25) is 0 Å². The number of hydrogen-bond acceptors (Lipinski definition) is 5. The Morgan fingerprint density at radius 3 is 2.50 bits per heavy atom. The predicted molar refractivity (Wildman–Crippen MR) is 132 cm³/mol. The fourth-order valence-corrected chi connectivity index (χ4v) is 4.09. The third-order valence-electron chi connectivity index (χ3n) is 6.03. The van der Waals surface area contributed by atoms with Crippen molar-refractivity contribution in [3.05, 3.63) is 83.3 Å². The van der Waals surface area contributed by atoms with E-state index in [9.17, 15) is 9.18 Å². The summed E-state index contributed by atoms with van der Waals surface area (Å²) in [5.41, 5.74) is 4.70. The van der Waals surface area contributed by atoms with E-state index in [-0.39, 0.29) is 24.7 Å². The van der Waals surface area contributed by atoms with Gasteiger partial charge in [0.05, 0.1) is 18.7 Å². The molecule has 1 aromatic heterocycles. The zero-order chi connectivity index (χ0) is 23.9. The predicted octanol–water partition coefficient (Wildman–Crippen LogP) is 3.64. The van der Waals surface area contributed by atoms with Crippen molar-refractivity contribution >= 4 is 11.7 Å². The van der Waals surface area contributed by atoms with Crippen LogP contribution in [0.25, 0.3) is 11.1 Å². The van der Waals surface area contributed by atoms with Crippen molar-refractivity contribution < 1.29 is 13.9 Å². The molecule has 178 valence electrons. The fraction of sp³-hybridized carbons (Fsp3) is 0.333. The summed E-state index contributed by atoms with van der Waals surface area (Å²) in [7, 11) is 3.82. The topological polar surface area (TPSA) is 57.7 Å². The molecule has 0 unspecified atom stereocenters. The SMILES string of the molecule is COCc1ccc(-c2ccc(CC(=O)NCc3cccc(F)c3)nc2N2CCN(C)CC2)cc1. The van der Waals surface area contributed by atoms with Crippen molar-refractivity contribution in [1.29, 1.82) is 0 Å². The maximum absolute atomic E-state index is 13.4. The van der Waals surface area contributed by atoms with Crippen LogP contribution in [-0.2, 0) is 29.1 Å². The van der Waals surface area contributed by atoms with Gasteiger partial charge in [0.25, 0.3) is 0 Å². The number of hydrogen-bond donors (Lipinski definition) is 1. The number of benzene rings is 2. The Bertz CT molecular complexity index is 1110. The van der Waals surface area contributed by atoms with Gasteiger partial charge in [0, 0.05) is 45.4 Å². The van der Waals surface area contributed by atoms with Crippen molar-refractivity contribution in [3.63, 3.8) is 0 Å². The Morgan fingerprint density at radius 1 is 1.03 bits per heavy atom. The Morgan fingerprint density at radius 2 is 1.79 bits per heavy atom. The Labute approximate surface area is 200 Å². The number of aromatic nitrogens is 1. The lowest BCUT2D eigenvalue weighted by Crippen LogP contribution is -2.45. The van der Waals surface area contributed by atoms with Crippen molar-refractivity contribution in [2.45, 2.75) is 19.6 Å². The number of piperazine rings is 1. The average Bonchev–Trinajstić information content (AvgIpc) is 2.84. The van der Waals surface area contributed by atoms with Crippen LogP contribution in [0.15, 0.2) is 60.7 Å². The molecule has 1 amide bonds. The van der Waals surface area contributed by atoms with Crippen LogP contribution in [0, 0.1) is 5.82 Å². The minimum absolute atomic E-state index is 0.141. The number of ether oxygens (including phenoxy) is 1. The van der Waals surface area contributed by atoms with E-state index in [0.29, 0.717) is 12.3 Å². The summed E-state index contributed by atoms with van der Waals surface area (Å²) < 4.78 is 18.6. The highest BCUT2D eigenvalue weighted by atomic mass is 19.1. The second kappa shape index (κ2) is 11.2. The number of carbonyl (C=O) groups is 1. The lowest BCUT2D eigenvalue weighted by molar-refractivity contribution is -0.120. The summed E-state index contributed by atoms with van der Waals surface area (Å²) >= 11 is 0. The summed E-state index contributed by atoms with van der Waals surface area (Å²) in [6, 6.07) is 18.5. The van der Waals surface area contributed by atoms with Crippen molar-refractivity contribution in [2.24, 2.45) is 0 Å². The van der Waals surface area contributed by atoms with Crippen LogP contribution < -0.4 is 10.2 Å². The van der Waals surface area contributed by atoms with Crippen LogP contribution >= 0.6 is 0 Å². The number of anilines is 1. The van der Waals surface area contributed by atoms with E-state index in [1.165, 1.54) is 12.1 Å². The first-order chi connectivity index (χ1) is 16.5. The zero-order valence-corrected chi connectivity index (χ0v) is 19.8. The number of nitrogens with one attached hydrogen (secondary N) is 1. The molecule has 1 fully saturated rings. The van der Waals surface area contributed by atoms with Crippen molar-refractivity contribution in [1.82, 2.24) is 15.2 Å². The molecule has 0 atom stereocenters. The Balaban J connectivity index is 1.53. The van der Waals surface area contributed by atoms with Gasteiger partial charge in [-0.2, -0.15) is 0 Å². The molecule has 0 aliphatic carbocycles. The molecular weight excluding hydrogens is 431 g/mol. The molecule has 1 aliphatic heterocycles. The molecule has 0 saturated carbocycles. The van der Waals surface area contributed by atoms with Gasteiger partial charge in [-0.3, -0.25) is 4.79 Å². The van der Waals surface area contributed by atoms with E-state index in [1.807, 2.05) is 6.07 Å². The summed E-state index contributed by atoms with van der Waals surface area (Å²) in [6.07, 6.45) is 0.170. The quantitative estimate of drug-likeness (QED) is 0.554. The first-order valence-corrected chi connectivity index (χ1v) is 11.5. The summed E-state index contributed by atoms with van der Waals surface area (Å²) in [5, 5.41) is 2.87. The molecule has 1 saturated heterocycles. The first-order valence-electron chi connectivity index (χ1n) is 11.5. The molecule has 2 aromatic carbocycles. The van der Waals surface area contributed by atoms with E-state index in [1.54, 1.807) is 19.2 Å². The highest BCUT2D eigenvalue weighted by Crippen LogP contribution is 2.31. The maximum Gasteiger partial charge on any atom is 0.226 e. The molecule has 1 aliphatic rings.